The maximum atomic E-state index is 12.7. The summed E-state index contributed by atoms with van der Waals surface area (Å²) in [4.78, 5) is 19.4. The highest BCUT2D eigenvalue weighted by molar-refractivity contribution is 5.94. The molecular weight excluding hydrogens is 346 g/mol. The largest absolute Gasteiger partial charge is 0.328 e. The number of pyridine rings is 1. The van der Waals surface area contributed by atoms with Gasteiger partial charge in [-0.3, -0.25) is 9.69 Å². The summed E-state index contributed by atoms with van der Waals surface area (Å²) in [6.45, 7) is 7.92. The lowest BCUT2D eigenvalue weighted by Crippen LogP contribution is -2.22. The van der Waals surface area contributed by atoms with E-state index in [9.17, 15) is 4.79 Å². The summed E-state index contributed by atoms with van der Waals surface area (Å²) >= 11 is 0. The highest BCUT2D eigenvalue weighted by atomic mass is 16.1. The number of aromatic nitrogens is 1. The minimum atomic E-state index is -0.220. The third-order valence-corrected chi connectivity index (χ3v) is 4.83. The van der Waals surface area contributed by atoms with Gasteiger partial charge in [-0.2, -0.15) is 4.99 Å². The molecule has 0 unspecified atom stereocenters. The Morgan fingerprint density at radius 2 is 1.54 bits per heavy atom. The van der Waals surface area contributed by atoms with Crippen molar-refractivity contribution in [3.8, 4) is 0 Å². The van der Waals surface area contributed by atoms with E-state index in [1.54, 1.807) is 0 Å². The average Bonchev–Trinajstić information content (AvgIpc) is 2.74. The van der Waals surface area contributed by atoms with Crippen molar-refractivity contribution in [2.45, 2.75) is 26.9 Å². The Balaban J connectivity index is 1.79. The summed E-state index contributed by atoms with van der Waals surface area (Å²) in [5.74, 6) is -0.220. The zero-order chi connectivity index (χ0) is 19.8. The number of rotatable bonds is 7. The summed E-state index contributed by atoms with van der Waals surface area (Å²) in [5, 5.41) is 0. The van der Waals surface area contributed by atoms with Crippen LogP contribution in [-0.2, 0) is 13.1 Å². The van der Waals surface area contributed by atoms with E-state index < -0.39 is 0 Å². The first kappa shape index (κ1) is 19.8. The Kier molecular flexibility index (Phi) is 6.93. The third kappa shape index (κ3) is 5.27. The van der Waals surface area contributed by atoms with Crippen LogP contribution in [0.4, 0.5) is 0 Å². The molecule has 0 aliphatic rings. The number of carbonyl (C=O) groups excluding carboxylic acids is 1. The zero-order valence-corrected chi connectivity index (χ0v) is 16.6. The standard InChI is InChI=1S/C24H27N3O/c1-3-26(4-2)18-21-13-15-22(16-14-21)24(28)25-23-12-8-9-17-27(23)19-20-10-6-5-7-11-20/h5-17H,3-4,18-19H2,1-2H3. The molecule has 4 nitrogen and oxygen atoms in total. The second kappa shape index (κ2) is 9.81. The number of hydrogen-bond donors (Lipinski definition) is 0. The van der Waals surface area contributed by atoms with Gasteiger partial charge in [-0.15, -0.1) is 0 Å². The summed E-state index contributed by atoms with van der Waals surface area (Å²) in [6, 6.07) is 23.7. The number of nitrogens with zero attached hydrogens (tertiary/aromatic N) is 3. The van der Waals surface area contributed by atoms with Gasteiger partial charge in [-0.25, -0.2) is 0 Å². The number of hydrogen-bond acceptors (Lipinski definition) is 2. The summed E-state index contributed by atoms with van der Waals surface area (Å²) < 4.78 is 1.99. The van der Waals surface area contributed by atoms with Crippen LogP contribution in [0.1, 0.15) is 35.3 Å². The van der Waals surface area contributed by atoms with Crippen LogP contribution >= 0.6 is 0 Å². The Hall–Kier alpha value is -2.98. The molecule has 0 fully saturated rings. The predicted molar refractivity (Wildman–Crippen MR) is 113 cm³/mol. The fourth-order valence-electron chi connectivity index (χ4n) is 3.11. The lowest BCUT2D eigenvalue weighted by molar-refractivity contribution is 0.0997. The molecule has 0 saturated carbocycles. The van der Waals surface area contributed by atoms with Gasteiger partial charge in [0.2, 0.25) is 0 Å². The normalized spacial score (nSPS) is 11.8. The van der Waals surface area contributed by atoms with Gasteiger partial charge in [0.1, 0.15) is 5.49 Å². The number of carbonyl (C=O) groups is 1. The van der Waals surface area contributed by atoms with Crippen LogP contribution in [0.15, 0.2) is 84.0 Å². The molecule has 0 aliphatic carbocycles. The quantitative estimate of drug-likeness (QED) is 0.625. The Bertz CT molecular complexity index is 955. The fourth-order valence-corrected chi connectivity index (χ4v) is 3.11. The molecule has 3 aromatic rings. The molecule has 4 heteroatoms. The van der Waals surface area contributed by atoms with Crippen LogP contribution in [0.5, 0.6) is 0 Å². The molecular formula is C24H27N3O. The first-order valence-electron chi connectivity index (χ1n) is 9.79. The minimum Gasteiger partial charge on any atom is -0.328 e. The molecule has 0 N–H and O–H groups in total. The van der Waals surface area contributed by atoms with E-state index in [1.165, 1.54) is 11.1 Å². The Morgan fingerprint density at radius 1 is 0.857 bits per heavy atom. The average molecular weight is 374 g/mol. The molecule has 0 spiro atoms. The van der Waals surface area contributed by atoms with Crippen molar-refractivity contribution in [3.05, 3.63) is 101 Å². The highest BCUT2D eigenvalue weighted by Crippen LogP contribution is 2.09. The summed E-state index contributed by atoms with van der Waals surface area (Å²) in [6.07, 6.45) is 1.95. The lowest BCUT2D eigenvalue weighted by Gasteiger charge is -2.17. The van der Waals surface area contributed by atoms with E-state index in [0.717, 1.165) is 19.6 Å². The van der Waals surface area contributed by atoms with Crippen molar-refractivity contribution in [2.75, 3.05) is 13.1 Å². The van der Waals surface area contributed by atoms with E-state index in [0.29, 0.717) is 17.6 Å². The molecule has 1 amide bonds. The van der Waals surface area contributed by atoms with Crippen LogP contribution < -0.4 is 5.49 Å². The molecule has 0 bridgehead atoms. The smallest absolute Gasteiger partial charge is 0.278 e. The van der Waals surface area contributed by atoms with Crippen LogP contribution in [0.3, 0.4) is 0 Å². The predicted octanol–water partition coefficient (Wildman–Crippen LogP) is 4.12. The fraction of sp³-hybridized carbons (Fsp3) is 0.250. The lowest BCUT2D eigenvalue weighted by atomic mass is 10.1. The zero-order valence-electron chi connectivity index (χ0n) is 16.6. The van der Waals surface area contributed by atoms with Crippen molar-refractivity contribution >= 4 is 5.91 Å². The maximum Gasteiger partial charge on any atom is 0.278 e. The third-order valence-electron chi connectivity index (χ3n) is 4.83. The van der Waals surface area contributed by atoms with Gasteiger partial charge in [0.15, 0.2) is 0 Å². The molecule has 0 radical (unpaired) electrons. The van der Waals surface area contributed by atoms with Gasteiger partial charge < -0.3 is 4.57 Å². The van der Waals surface area contributed by atoms with Crippen LogP contribution in [-0.4, -0.2) is 28.5 Å². The molecule has 28 heavy (non-hydrogen) atoms. The van der Waals surface area contributed by atoms with Crippen molar-refractivity contribution in [3.63, 3.8) is 0 Å². The Labute approximate surface area is 166 Å². The minimum absolute atomic E-state index is 0.220. The van der Waals surface area contributed by atoms with Crippen molar-refractivity contribution < 1.29 is 4.79 Å². The number of amides is 1. The second-order valence-electron chi connectivity index (χ2n) is 6.75. The van der Waals surface area contributed by atoms with Crippen LogP contribution in [0.25, 0.3) is 0 Å². The van der Waals surface area contributed by atoms with Crippen LogP contribution in [0.2, 0.25) is 0 Å². The van der Waals surface area contributed by atoms with Gasteiger partial charge in [0, 0.05) is 24.8 Å². The van der Waals surface area contributed by atoms with Gasteiger partial charge in [0.25, 0.3) is 5.91 Å². The topological polar surface area (TPSA) is 37.6 Å². The second-order valence-corrected chi connectivity index (χ2v) is 6.75. The summed E-state index contributed by atoms with van der Waals surface area (Å²) in [5.41, 5.74) is 3.64. The molecule has 144 valence electrons. The molecule has 1 heterocycles. The SMILES string of the molecule is CCN(CC)Cc1ccc(C(=O)N=c2ccccn2Cc2ccccc2)cc1. The van der Waals surface area contributed by atoms with Gasteiger partial charge in [-0.1, -0.05) is 62.4 Å². The van der Waals surface area contributed by atoms with E-state index >= 15 is 0 Å². The van der Waals surface area contributed by atoms with Crippen molar-refractivity contribution in [2.24, 2.45) is 4.99 Å². The van der Waals surface area contributed by atoms with E-state index in [1.807, 2.05) is 71.4 Å². The first-order valence-corrected chi connectivity index (χ1v) is 9.79. The molecule has 3 rings (SSSR count). The maximum absolute atomic E-state index is 12.7. The molecule has 2 aromatic carbocycles. The molecule has 0 aliphatic heterocycles. The van der Waals surface area contributed by atoms with Crippen molar-refractivity contribution in [1.82, 2.24) is 9.47 Å². The van der Waals surface area contributed by atoms with E-state index in [-0.39, 0.29) is 5.91 Å². The monoisotopic (exact) mass is 373 g/mol. The van der Waals surface area contributed by atoms with E-state index in [2.05, 4.69) is 35.9 Å². The molecule has 0 atom stereocenters. The van der Waals surface area contributed by atoms with Gasteiger partial charge in [0.05, 0.1) is 0 Å². The molecule has 0 saturated heterocycles. The summed E-state index contributed by atoms with van der Waals surface area (Å²) in [7, 11) is 0. The van der Waals surface area contributed by atoms with Crippen LogP contribution in [0, 0.1) is 0 Å². The van der Waals surface area contributed by atoms with Gasteiger partial charge in [-0.05, 0) is 48.5 Å². The van der Waals surface area contributed by atoms with Gasteiger partial charge >= 0.3 is 0 Å². The van der Waals surface area contributed by atoms with Crippen molar-refractivity contribution in [1.29, 1.82) is 0 Å². The first-order chi connectivity index (χ1) is 13.7. The Morgan fingerprint density at radius 3 is 2.21 bits per heavy atom. The molecule has 1 aromatic heterocycles. The van der Waals surface area contributed by atoms with E-state index in [4.69, 9.17) is 0 Å². The highest BCUT2D eigenvalue weighted by Gasteiger charge is 2.06. The number of benzene rings is 2.